The van der Waals surface area contributed by atoms with Crippen molar-refractivity contribution in [1.29, 1.82) is 0 Å². The van der Waals surface area contributed by atoms with Gasteiger partial charge in [-0.1, -0.05) is 17.3 Å². The molecule has 0 spiro atoms. The van der Waals surface area contributed by atoms with Gasteiger partial charge in [0.2, 0.25) is 5.91 Å². The highest BCUT2D eigenvalue weighted by atomic mass is 16.5. The van der Waals surface area contributed by atoms with Crippen LogP contribution in [0.5, 0.6) is 0 Å². The molecule has 2 aromatic rings. The molecule has 1 unspecified atom stereocenters. The van der Waals surface area contributed by atoms with Crippen LogP contribution in [0.3, 0.4) is 0 Å². The lowest BCUT2D eigenvalue weighted by Gasteiger charge is -2.19. The largest absolute Gasteiger partial charge is 0.361 e. The minimum atomic E-state index is -0.207. The van der Waals surface area contributed by atoms with E-state index in [2.05, 4.69) is 10.5 Å². The molecule has 0 radical (unpaired) electrons. The van der Waals surface area contributed by atoms with Crippen LogP contribution in [0.25, 0.3) is 0 Å². The van der Waals surface area contributed by atoms with Crippen molar-refractivity contribution >= 4 is 17.5 Å². The number of hydrogen-bond donors (Lipinski definition) is 1. The van der Waals surface area contributed by atoms with Crippen molar-refractivity contribution in [2.75, 3.05) is 11.4 Å². The van der Waals surface area contributed by atoms with Gasteiger partial charge in [0.05, 0.1) is 11.7 Å². The van der Waals surface area contributed by atoms with E-state index in [4.69, 9.17) is 4.52 Å². The van der Waals surface area contributed by atoms with Crippen molar-refractivity contribution in [3.8, 4) is 0 Å². The maximum absolute atomic E-state index is 12.4. The first-order valence-electron chi connectivity index (χ1n) is 8.11. The van der Waals surface area contributed by atoms with Crippen molar-refractivity contribution in [1.82, 2.24) is 10.5 Å². The number of carbonyl (C=O) groups is 2. The van der Waals surface area contributed by atoms with Gasteiger partial charge in [0.15, 0.2) is 0 Å². The molecule has 3 rings (SSSR count). The smallest absolute Gasteiger partial charge is 0.257 e. The molecule has 24 heavy (non-hydrogen) atoms. The highest BCUT2D eigenvalue weighted by Crippen LogP contribution is 2.25. The summed E-state index contributed by atoms with van der Waals surface area (Å²) >= 11 is 0. The zero-order chi connectivity index (χ0) is 17.3. The number of hydrogen-bond acceptors (Lipinski definition) is 4. The average molecular weight is 327 g/mol. The fourth-order valence-corrected chi connectivity index (χ4v) is 3.04. The van der Waals surface area contributed by atoms with Crippen LogP contribution in [0, 0.1) is 13.8 Å². The summed E-state index contributed by atoms with van der Waals surface area (Å²) in [5, 5.41) is 6.78. The number of rotatable bonds is 4. The van der Waals surface area contributed by atoms with E-state index in [1.54, 1.807) is 18.7 Å². The van der Waals surface area contributed by atoms with E-state index in [0.29, 0.717) is 23.4 Å². The van der Waals surface area contributed by atoms with Gasteiger partial charge in [0.25, 0.3) is 5.91 Å². The van der Waals surface area contributed by atoms with E-state index >= 15 is 0 Å². The van der Waals surface area contributed by atoms with Crippen molar-refractivity contribution in [2.24, 2.45) is 0 Å². The Bertz CT molecular complexity index is 762. The Morgan fingerprint density at radius 3 is 2.79 bits per heavy atom. The van der Waals surface area contributed by atoms with Crippen LogP contribution in [0.1, 0.15) is 53.2 Å². The molecule has 1 saturated heterocycles. The van der Waals surface area contributed by atoms with Crippen LogP contribution in [0.4, 0.5) is 5.69 Å². The molecule has 1 aromatic carbocycles. The van der Waals surface area contributed by atoms with Crippen molar-refractivity contribution in [3.63, 3.8) is 0 Å². The molecule has 1 N–H and O–H groups in total. The number of aryl methyl sites for hydroxylation is 2. The Morgan fingerprint density at radius 1 is 1.38 bits per heavy atom. The van der Waals surface area contributed by atoms with Crippen LogP contribution in [-0.2, 0) is 4.79 Å². The fourth-order valence-electron chi connectivity index (χ4n) is 3.04. The Kier molecular flexibility index (Phi) is 4.38. The number of nitrogens with zero attached hydrogens (tertiary/aromatic N) is 2. The molecule has 6 nitrogen and oxygen atoms in total. The van der Waals surface area contributed by atoms with Gasteiger partial charge in [-0.2, -0.15) is 0 Å². The fraction of sp³-hybridized carbons (Fsp3) is 0.389. The molecule has 0 aliphatic carbocycles. The van der Waals surface area contributed by atoms with Gasteiger partial charge in [-0.15, -0.1) is 0 Å². The second-order valence-corrected chi connectivity index (χ2v) is 6.14. The Balaban J connectivity index is 1.77. The van der Waals surface area contributed by atoms with Gasteiger partial charge in [-0.3, -0.25) is 9.59 Å². The zero-order valence-electron chi connectivity index (χ0n) is 14.1. The van der Waals surface area contributed by atoms with Gasteiger partial charge < -0.3 is 14.7 Å². The number of carbonyl (C=O) groups excluding carboxylic acids is 2. The molecule has 0 bridgehead atoms. The second-order valence-electron chi connectivity index (χ2n) is 6.14. The first kappa shape index (κ1) is 16.2. The number of amides is 2. The summed E-state index contributed by atoms with van der Waals surface area (Å²) in [7, 11) is 0. The van der Waals surface area contributed by atoms with Gasteiger partial charge in [-0.05, 0) is 44.9 Å². The minimum absolute atomic E-state index is 0.152. The van der Waals surface area contributed by atoms with E-state index < -0.39 is 0 Å². The van der Waals surface area contributed by atoms with Crippen molar-refractivity contribution < 1.29 is 14.1 Å². The van der Waals surface area contributed by atoms with Crippen molar-refractivity contribution in [2.45, 2.75) is 39.7 Å². The van der Waals surface area contributed by atoms with Gasteiger partial charge in [0, 0.05) is 18.7 Å². The van der Waals surface area contributed by atoms with E-state index in [0.717, 1.165) is 24.2 Å². The van der Waals surface area contributed by atoms with E-state index in [1.165, 1.54) is 0 Å². The molecule has 0 saturated carbocycles. The number of benzene rings is 1. The minimum Gasteiger partial charge on any atom is -0.361 e. The topological polar surface area (TPSA) is 75.4 Å². The van der Waals surface area contributed by atoms with Crippen LogP contribution in [-0.4, -0.2) is 23.5 Å². The first-order chi connectivity index (χ1) is 11.5. The molecule has 1 aromatic heterocycles. The predicted molar refractivity (Wildman–Crippen MR) is 89.9 cm³/mol. The molecule has 1 aliphatic heterocycles. The van der Waals surface area contributed by atoms with E-state index in [9.17, 15) is 9.59 Å². The standard InChI is InChI=1S/C18H21N3O3/c1-11(19-18(23)17-12(2)20-24-13(17)3)14-6-4-7-15(10-14)21-9-5-8-16(21)22/h4,6-7,10-11H,5,8-9H2,1-3H3,(H,19,23). The lowest BCUT2D eigenvalue weighted by Crippen LogP contribution is -2.28. The summed E-state index contributed by atoms with van der Waals surface area (Å²) in [6, 6.07) is 7.55. The summed E-state index contributed by atoms with van der Waals surface area (Å²) < 4.78 is 5.05. The number of nitrogens with one attached hydrogen (secondary N) is 1. The predicted octanol–water partition coefficient (Wildman–Crippen LogP) is 2.91. The summed E-state index contributed by atoms with van der Waals surface area (Å²) in [6.45, 7) is 6.14. The molecular weight excluding hydrogens is 306 g/mol. The molecule has 1 aliphatic rings. The maximum atomic E-state index is 12.4. The molecule has 2 heterocycles. The normalized spacial score (nSPS) is 15.6. The third-order valence-electron chi connectivity index (χ3n) is 4.36. The Morgan fingerprint density at radius 2 is 2.17 bits per heavy atom. The SMILES string of the molecule is Cc1noc(C)c1C(=O)NC(C)c1cccc(N2CCCC2=O)c1. The maximum Gasteiger partial charge on any atom is 0.257 e. The highest BCUT2D eigenvalue weighted by Gasteiger charge is 2.23. The van der Waals surface area contributed by atoms with E-state index in [1.807, 2.05) is 31.2 Å². The summed E-state index contributed by atoms with van der Waals surface area (Å²) in [6.07, 6.45) is 1.49. The zero-order valence-corrected chi connectivity index (χ0v) is 14.1. The first-order valence-corrected chi connectivity index (χ1v) is 8.11. The number of anilines is 1. The lowest BCUT2D eigenvalue weighted by atomic mass is 10.1. The van der Waals surface area contributed by atoms with Crippen molar-refractivity contribution in [3.05, 3.63) is 46.8 Å². The molecular formula is C18H21N3O3. The van der Waals surface area contributed by atoms with Gasteiger partial charge in [-0.25, -0.2) is 0 Å². The monoisotopic (exact) mass is 327 g/mol. The van der Waals surface area contributed by atoms with Crippen LogP contribution in [0.15, 0.2) is 28.8 Å². The molecule has 1 fully saturated rings. The van der Waals surface area contributed by atoms with Crippen LogP contribution < -0.4 is 10.2 Å². The Labute approximate surface area is 140 Å². The summed E-state index contributed by atoms with van der Waals surface area (Å²) in [5.41, 5.74) is 2.89. The molecule has 126 valence electrons. The third-order valence-corrected chi connectivity index (χ3v) is 4.36. The Hall–Kier alpha value is -2.63. The summed E-state index contributed by atoms with van der Waals surface area (Å²) in [4.78, 5) is 26.1. The average Bonchev–Trinajstić information content (AvgIpc) is 3.13. The summed E-state index contributed by atoms with van der Waals surface area (Å²) in [5.74, 6) is 0.453. The van der Waals surface area contributed by atoms with Crippen LogP contribution >= 0.6 is 0 Å². The highest BCUT2D eigenvalue weighted by molar-refractivity contribution is 5.96. The second kappa shape index (κ2) is 6.47. The molecule has 2 amide bonds. The quantitative estimate of drug-likeness (QED) is 0.937. The van der Waals surface area contributed by atoms with Gasteiger partial charge >= 0.3 is 0 Å². The third kappa shape index (κ3) is 3.04. The van der Waals surface area contributed by atoms with Crippen LogP contribution in [0.2, 0.25) is 0 Å². The molecule has 1 atom stereocenters. The van der Waals surface area contributed by atoms with E-state index in [-0.39, 0.29) is 17.9 Å². The molecule has 6 heteroatoms. The van der Waals surface area contributed by atoms with Gasteiger partial charge in [0.1, 0.15) is 11.3 Å². The number of aromatic nitrogens is 1. The lowest BCUT2D eigenvalue weighted by molar-refractivity contribution is -0.117.